The first-order valence-electron chi connectivity index (χ1n) is 8.33. The third-order valence-electron chi connectivity index (χ3n) is 4.25. The van der Waals surface area contributed by atoms with Crippen molar-refractivity contribution in [3.05, 3.63) is 48.3 Å². The number of nitrogens with zero attached hydrogens (tertiary/aromatic N) is 2. The van der Waals surface area contributed by atoms with Gasteiger partial charge in [0, 0.05) is 19.2 Å². The van der Waals surface area contributed by atoms with E-state index in [1.54, 1.807) is 17.3 Å². The van der Waals surface area contributed by atoms with Gasteiger partial charge in [0.15, 0.2) is 0 Å². The standard InChI is InChI=1S/C19H21N3O3/c1-3-25-17-7-5-4-6-16(17)22-12-14(10-18(22)23)19(24)21-15-11-20-9-8-13(15)2/h4-9,11,14H,3,10,12H2,1-2H3,(H,21,24). The highest BCUT2D eigenvalue weighted by Gasteiger charge is 2.36. The molecule has 6 nitrogen and oxygen atoms in total. The summed E-state index contributed by atoms with van der Waals surface area (Å²) in [6, 6.07) is 9.23. The lowest BCUT2D eigenvalue weighted by Crippen LogP contribution is -2.28. The first kappa shape index (κ1) is 17.0. The molecule has 1 saturated heterocycles. The van der Waals surface area contributed by atoms with E-state index in [1.807, 2.05) is 44.2 Å². The highest BCUT2D eigenvalue weighted by atomic mass is 16.5. The number of hydrogen-bond donors (Lipinski definition) is 1. The van der Waals surface area contributed by atoms with Crippen LogP contribution < -0.4 is 15.0 Å². The number of rotatable bonds is 5. The highest BCUT2D eigenvalue weighted by Crippen LogP contribution is 2.33. The molecule has 1 fully saturated rings. The molecule has 2 aromatic rings. The number of carbonyl (C=O) groups excluding carboxylic acids is 2. The van der Waals surface area contributed by atoms with Gasteiger partial charge in [-0.05, 0) is 37.6 Å². The van der Waals surface area contributed by atoms with Gasteiger partial charge in [0.05, 0.1) is 30.1 Å². The van der Waals surface area contributed by atoms with Crippen LogP contribution in [0.25, 0.3) is 0 Å². The van der Waals surface area contributed by atoms with Crippen molar-refractivity contribution >= 4 is 23.2 Å². The quantitative estimate of drug-likeness (QED) is 0.909. The van der Waals surface area contributed by atoms with Crippen molar-refractivity contribution in [2.45, 2.75) is 20.3 Å². The van der Waals surface area contributed by atoms with E-state index in [0.29, 0.717) is 30.3 Å². The van der Waals surface area contributed by atoms with E-state index >= 15 is 0 Å². The smallest absolute Gasteiger partial charge is 0.229 e. The zero-order chi connectivity index (χ0) is 17.8. The van der Waals surface area contributed by atoms with E-state index in [0.717, 1.165) is 5.56 Å². The number of aromatic nitrogens is 1. The molecule has 3 rings (SSSR count). The van der Waals surface area contributed by atoms with Gasteiger partial charge in [0.25, 0.3) is 0 Å². The predicted octanol–water partition coefficient (Wildman–Crippen LogP) is 2.78. The lowest BCUT2D eigenvalue weighted by atomic mass is 10.1. The molecule has 2 heterocycles. The number of hydrogen-bond acceptors (Lipinski definition) is 4. The normalized spacial score (nSPS) is 16.8. The summed E-state index contributed by atoms with van der Waals surface area (Å²) >= 11 is 0. The molecule has 0 spiro atoms. The number of amides is 2. The molecular formula is C19H21N3O3. The zero-order valence-corrected chi connectivity index (χ0v) is 14.4. The lowest BCUT2D eigenvalue weighted by molar-refractivity contribution is -0.122. The largest absolute Gasteiger partial charge is 0.492 e. The van der Waals surface area contributed by atoms with Gasteiger partial charge in [0.2, 0.25) is 11.8 Å². The Kier molecular flexibility index (Phi) is 4.97. The fourth-order valence-electron chi connectivity index (χ4n) is 2.90. The number of carbonyl (C=O) groups is 2. The second-order valence-corrected chi connectivity index (χ2v) is 5.99. The van der Waals surface area contributed by atoms with E-state index in [-0.39, 0.29) is 18.2 Å². The third kappa shape index (κ3) is 3.63. The number of pyridine rings is 1. The summed E-state index contributed by atoms with van der Waals surface area (Å²) in [5.41, 5.74) is 2.32. The fourth-order valence-corrected chi connectivity index (χ4v) is 2.90. The molecule has 130 valence electrons. The average Bonchev–Trinajstić information content (AvgIpc) is 2.99. The number of para-hydroxylation sites is 2. The Morgan fingerprint density at radius 1 is 1.36 bits per heavy atom. The molecule has 0 bridgehead atoms. The predicted molar refractivity (Wildman–Crippen MR) is 95.7 cm³/mol. The SMILES string of the molecule is CCOc1ccccc1N1CC(C(=O)Nc2cnccc2C)CC1=O. The van der Waals surface area contributed by atoms with Gasteiger partial charge in [-0.15, -0.1) is 0 Å². The van der Waals surface area contributed by atoms with Gasteiger partial charge in [-0.2, -0.15) is 0 Å². The van der Waals surface area contributed by atoms with E-state index in [9.17, 15) is 9.59 Å². The number of anilines is 2. The maximum Gasteiger partial charge on any atom is 0.229 e. The first-order valence-corrected chi connectivity index (χ1v) is 8.33. The van der Waals surface area contributed by atoms with Crippen LogP contribution in [0.5, 0.6) is 5.75 Å². The molecule has 1 aliphatic rings. The van der Waals surface area contributed by atoms with Gasteiger partial charge in [0.1, 0.15) is 5.75 Å². The Morgan fingerprint density at radius 2 is 2.16 bits per heavy atom. The van der Waals surface area contributed by atoms with Crippen molar-refractivity contribution in [2.24, 2.45) is 5.92 Å². The summed E-state index contributed by atoms with van der Waals surface area (Å²) in [6.45, 7) is 4.66. The molecule has 2 amide bonds. The molecular weight excluding hydrogens is 318 g/mol. The number of ether oxygens (including phenoxy) is 1. The molecule has 25 heavy (non-hydrogen) atoms. The van der Waals surface area contributed by atoms with Crippen LogP contribution in [0, 0.1) is 12.8 Å². The van der Waals surface area contributed by atoms with Crippen molar-refractivity contribution in [1.82, 2.24) is 4.98 Å². The van der Waals surface area contributed by atoms with E-state index in [4.69, 9.17) is 4.74 Å². The van der Waals surface area contributed by atoms with Crippen LogP contribution in [0.4, 0.5) is 11.4 Å². The van der Waals surface area contributed by atoms with Crippen molar-refractivity contribution in [3.8, 4) is 5.75 Å². The van der Waals surface area contributed by atoms with E-state index in [1.165, 1.54) is 0 Å². The Labute approximate surface area is 146 Å². The molecule has 1 aliphatic heterocycles. The molecule has 0 aliphatic carbocycles. The molecule has 1 aromatic heterocycles. The van der Waals surface area contributed by atoms with Crippen LogP contribution in [0.3, 0.4) is 0 Å². The monoisotopic (exact) mass is 339 g/mol. The molecule has 1 N–H and O–H groups in total. The highest BCUT2D eigenvalue weighted by molar-refractivity contribution is 6.04. The minimum absolute atomic E-state index is 0.0739. The van der Waals surface area contributed by atoms with Crippen LogP contribution in [0.1, 0.15) is 18.9 Å². The molecule has 0 radical (unpaired) electrons. The van der Waals surface area contributed by atoms with Crippen LogP contribution in [0.2, 0.25) is 0 Å². The minimum atomic E-state index is -0.401. The number of nitrogens with one attached hydrogen (secondary N) is 1. The molecule has 1 aromatic carbocycles. The first-order chi connectivity index (χ1) is 12.1. The Morgan fingerprint density at radius 3 is 2.92 bits per heavy atom. The van der Waals surface area contributed by atoms with Gasteiger partial charge in [-0.25, -0.2) is 0 Å². The third-order valence-corrected chi connectivity index (χ3v) is 4.25. The van der Waals surface area contributed by atoms with Crippen LogP contribution in [0.15, 0.2) is 42.7 Å². The number of aryl methyl sites for hydroxylation is 1. The van der Waals surface area contributed by atoms with Gasteiger partial charge >= 0.3 is 0 Å². The maximum absolute atomic E-state index is 12.6. The van der Waals surface area contributed by atoms with Crippen LogP contribution in [-0.4, -0.2) is 29.9 Å². The second kappa shape index (κ2) is 7.34. The van der Waals surface area contributed by atoms with Gasteiger partial charge in [-0.3, -0.25) is 14.6 Å². The van der Waals surface area contributed by atoms with Crippen LogP contribution in [-0.2, 0) is 9.59 Å². The van der Waals surface area contributed by atoms with Crippen molar-refractivity contribution in [2.75, 3.05) is 23.4 Å². The number of benzene rings is 1. The maximum atomic E-state index is 12.6. The second-order valence-electron chi connectivity index (χ2n) is 5.99. The summed E-state index contributed by atoms with van der Waals surface area (Å²) in [4.78, 5) is 30.7. The zero-order valence-electron chi connectivity index (χ0n) is 14.4. The molecule has 6 heteroatoms. The lowest BCUT2D eigenvalue weighted by Gasteiger charge is -2.20. The molecule has 1 unspecified atom stereocenters. The van der Waals surface area contributed by atoms with E-state index < -0.39 is 5.92 Å². The van der Waals surface area contributed by atoms with Gasteiger partial charge in [-0.1, -0.05) is 12.1 Å². The van der Waals surface area contributed by atoms with Crippen LogP contribution >= 0.6 is 0 Å². The summed E-state index contributed by atoms with van der Waals surface area (Å²) in [6.07, 6.45) is 3.48. The van der Waals surface area contributed by atoms with Crippen molar-refractivity contribution in [3.63, 3.8) is 0 Å². The summed E-state index contributed by atoms with van der Waals surface area (Å²) in [5, 5.41) is 2.87. The Bertz CT molecular complexity index is 791. The average molecular weight is 339 g/mol. The van der Waals surface area contributed by atoms with Crippen molar-refractivity contribution < 1.29 is 14.3 Å². The Balaban J connectivity index is 1.74. The topological polar surface area (TPSA) is 71.5 Å². The van der Waals surface area contributed by atoms with Gasteiger partial charge < -0.3 is 15.0 Å². The summed E-state index contributed by atoms with van der Waals surface area (Å²) in [5.74, 6) is 0.0142. The molecule has 1 atom stereocenters. The minimum Gasteiger partial charge on any atom is -0.492 e. The fraction of sp³-hybridized carbons (Fsp3) is 0.316. The van der Waals surface area contributed by atoms with E-state index in [2.05, 4.69) is 10.3 Å². The van der Waals surface area contributed by atoms with Crippen molar-refractivity contribution in [1.29, 1.82) is 0 Å². The molecule has 0 saturated carbocycles. The Hall–Kier alpha value is -2.89. The summed E-state index contributed by atoms with van der Waals surface area (Å²) in [7, 11) is 0. The summed E-state index contributed by atoms with van der Waals surface area (Å²) < 4.78 is 5.60.